The molecule has 0 radical (unpaired) electrons. The van der Waals surface area contributed by atoms with Gasteiger partial charge in [0.15, 0.2) is 5.82 Å². The Labute approximate surface area is 119 Å². The van der Waals surface area contributed by atoms with Crippen molar-refractivity contribution >= 4 is 5.70 Å². The molecule has 2 aromatic rings. The zero-order valence-corrected chi connectivity index (χ0v) is 12.3. The number of aromatic nitrogens is 3. The lowest BCUT2D eigenvalue weighted by Crippen LogP contribution is -2.09. The molecule has 102 valence electrons. The van der Waals surface area contributed by atoms with Gasteiger partial charge in [0.25, 0.3) is 0 Å². The van der Waals surface area contributed by atoms with Gasteiger partial charge in [-0.15, -0.1) is 0 Å². The molecule has 0 N–H and O–H groups in total. The first-order valence-corrected chi connectivity index (χ1v) is 6.48. The second-order valence-corrected chi connectivity index (χ2v) is 4.75. The minimum Gasteiger partial charge on any atom is -0.302 e. The smallest absolute Gasteiger partial charge is 0.159 e. The fourth-order valence-corrected chi connectivity index (χ4v) is 2.32. The number of hydrogen-bond acceptors (Lipinski definition) is 2. The van der Waals surface area contributed by atoms with Crippen LogP contribution in [-0.4, -0.2) is 14.3 Å². The van der Waals surface area contributed by atoms with Gasteiger partial charge in [-0.1, -0.05) is 12.7 Å². The maximum Gasteiger partial charge on any atom is 0.159 e. The largest absolute Gasteiger partial charge is 0.302 e. The van der Waals surface area contributed by atoms with Crippen LogP contribution in [0, 0.1) is 32.1 Å². The summed E-state index contributed by atoms with van der Waals surface area (Å²) >= 11 is 0. The van der Waals surface area contributed by atoms with Crippen molar-refractivity contribution in [3.63, 3.8) is 0 Å². The summed E-state index contributed by atoms with van der Waals surface area (Å²) in [6, 6.07) is 6.31. The fraction of sp³-hybridized carbons (Fsp3) is 0.250. The molecule has 0 saturated heterocycles. The van der Waals surface area contributed by atoms with E-state index in [2.05, 4.69) is 17.7 Å². The molecule has 0 fully saturated rings. The van der Waals surface area contributed by atoms with Crippen molar-refractivity contribution < 1.29 is 0 Å². The van der Waals surface area contributed by atoms with Crippen LogP contribution in [0.4, 0.5) is 0 Å². The minimum atomic E-state index is 0.582. The molecular formula is C16H18N4. The third kappa shape index (κ3) is 2.08. The Hall–Kier alpha value is -2.54. The Balaban J connectivity index is 2.80. The Morgan fingerprint density at radius 3 is 2.40 bits per heavy atom. The predicted molar refractivity (Wildman–Crippen MR) is 80.6 cm³/mol. The maximum absolute atomic E-state index is 9.44. The van der Waals surface area contributed by atoms with Gasteiger partial charge in [-0.2, -0.15) is 10.4 Å². The first-order chi connectivity index (χ1) is 9.51. The highest BCUT2D eigenvalue weighted by Gasteiger charge is 2.19. The highest BCUT2D eigenvalue weighted by Crippen LogP contribution is 2.25. The zero-order chi connectivity index (χ0) is 14.9. The van der Waals surface area contributed by atoms with Gasteiger partial charge in [-0.05, 0) is 45.9 Å². The molecule has 0 atom stereocenters. The quantitative estimate of drug-likeness (QED) is 0.798. The molecule has 0 aromatic carbocycles. The van der Waals surface area contributed by atoms with Crippen LogP contribution in [0.25, 0.3) is 11.5 Å². The van der Waals surface area contributed by atoms with E-state index >= 15 is 0 Å². The Kier molecular flexibility index (Phi) is 3.62. The van der Waals surface area contributed by atoms with Crippen LogP contribution in [-0.2, 0) is 0 Å². The van der Waals surface area contributed by atoms with Crippen molar-refractivity contribution in [3.8, 4) is 11.9 Å². The van der Waals surface area contributed by atoms with E-state index in [9.17, 15) is 5.26 Å². The van der Waals surface area contributed by atoms with Crippen molar-refractivity contribution in [2.24, 2.45) is 0 Å². The summed E-state index contributed by atoms with van der Waals surface area (Å²) in [5, 5.41) is 13.9. The first-order valence-electron chi connectivity index (χ1n) is 6.48. The standard InChI is InChI=1S/C16H18N4/c1-6-7-13(4)20-16(15(10-17)14(5)18-20)19-11(2)8-9-12(19)3/h6-9H,4H2,1-3,5H3. The molecule has 2 heterocycles. The van der Waals surface area contributed by atoms with Gasteiger partial charge < -0.3 is 4.57 Å². The van der Waals surface area contributed by atoms with Gasteiger partial charge in [0.05, 0.1) is 11.4 Å². The summed E-state index contributed by atoms with van der Waals surface area (Å²) < 4.78 is 3.76. The highest BCUT2D eigenvalue weighted by atomic mass is 15.4. The zero-order valence-electron chi connectivity index (χ0n) is 12.3. The first kappa shape index (κ1) is 13.9. The average molecular weight is 266 g/mol. The summed E-state index contributed by atoms with van der Waals surface area (Å²) in [5.41, 5.74) is 4.15. The molecule has 0 unspecified atom stereocenters. The number of aryl methyl sites for hydroxylation is 3. The van der Waals surface area contributed by atoms with Gasteiger partial charge in [0.2, 0.25) is 0 Å². The fourth-order valence-electron chi connectivity index (χ4n) is 2.32. The summed E-state index contributed by atoms with van der Waals surface area (Å²) in [4.78, 5) is 0. The van der Waals surface area contributed by atoms with E-state index in [1.165, 1.54) is 0 Å². The van der Waals surface area contributed by atoms with Gasteiger partial charge in [0, 0.05) is 11.4 Å². The van der Waals surface area contributed by atoms with E-state index in [0.717, 1.165) is 22.9 Å². The van der Waals surface area contributed by atoms with E-state index in [-0.39, 0.29) is 0 Å². The van der Waals surface area contributed by atoms with Crippen molar-refractivity contribution in [2.45, 2.75) is 27.7 Å². The molecule has 4 nitrogen and oxygen atoms in total. The molecule has 20 heavy (non-hydrogen) atoms. The van der Waals surface area contributed by atoms with Crippen molar-refractivity contribution in [2.75, 3.05) is 0 Å². The van der Waals surface area contributed by atoms with Crippen molar-refractivity contribution in [1.29, 1.82) is 5.26 Å². The molecule has 2 aromatic heterocycles. The van der Waals surface area contributed by atoms with Crippen molar-refractivity contribution in [1.82, 2.24) is 14.3 Å². The van der Waals surface area contributed by atoms with Crippen LogP contribution in [0.2, 0.25) is 0 Å². The predicted octanol–water partition coefficient (Wildman–Crippen LogP) is 3.52. The lowest BCUT2D eigenvalue weighted by Gasteiger charge is -2.12. The lowest BCUT2D eigenvalue weighted by atomic mass is 10.2. The summed E-state index contributed by atoms with van der Waals surface area (Å²) in [6.45, 7) is 11.8. The van der Waals surface area contributed by atoms with E-state index in [0.29, 0.717) is 11.3 Å². The van der Waals surface area contributed by atoms with Crippen molar-refractivity contribution in [3.05, 3.63) is 53.5 Å². The molecule has 0 aliphatic rings. The highest BCUT2D eigenvalue weighted by molar-refractivity contribution is 5.62. The van der Waals surface area contributed by atoms with E-state index in [1.807, 2.05) is 56.5 Å². The molecule has 0 aliphatic carbocycles. The van der Waals surface area contributed by atoms with Gasteiger partial charge in [0.1, 0.15) is 11.6 Å². The average Bonchev–Trinajstić information content (AvgIpc) is 2.90. The second kappa shape index (κ2) is 5.22. The molecule has 0 saturated carbocycles. The van der Waals surface area contributed by atoms with Gasteiger partial charge >= 0.3 is 0 Å². The van der Waals surface area contributed by atoms with Gasteiger partial charge in [-0.25, -0.2) is 4.68 Å². The molecule has 0 aliphatic heterocycles. The summed E-state index contributed by atoms with van der Waals surface area (Å²) in [5.74, 6) is 0.758. The van der Waals surface area contributed by atoms with Crippen LogP contribution in [0.5, 0.6) is 0 Å². The monoisotopic (exact) mass is 266 g/mol. The van der Waals surface area contributed by atoms with Crippen LogP contribution in [0.1, 0.15) is 29.6 Å². The third-order valence-corrected chi connectivity index (χ3v) is 3.26. The minimum absolute atomic E-state index is 0.582. The molecule has 0 amide bonds. The number of nitriles is 1. The molecular weight excluding hydrogens is 248 g/mol. The molecule has 0 spiro atoms. The normalized spacial score (nSPS) is 10.9. The van der Waals surface area contributed by atoms with Crippen LogP contribution in [0.3, 0.4) is 0 Å². The van der Waals surface area contributed by atoms with Gasteiger partial charge in [-0.3, -0.25) is 0 Å². The maximum atomic E-state index is 9.44. The number of allylic oxidation sites excluding steroid dienone is 3. The number of hydrogen-bond donors (Lipinski definition) is 0. The Bertz CT molecular complexity index is 716. The van der Waals surface area contributed by atoms with E-state index in [1.54, 1.807) is 4.68 Å². The SMILES string of the molecule is C=C(C=CC)n1nc(C)c(C#N)c1-n1c(C)ccc1C. The molecule has 4 heteroatoms. The van der Waals surface area contributed by atoms with E-state index < -0.39 is 0 Å². The third-order valence-electron chi connectivity index (χ3n) is 3.26. The summed E-state index contributed by atoms with van der Waals surface area (Å²) in [6.07, 6.45) is 3.79. The lowest BCUT2D eigenvalue weighted by molar-refractivity contribution is 0.812. The molecule has 0 bridgehead atoms. The number of rotatable bonds is 3. The molecule has 2 rings (SSSR count). The number of nitrogens with zero attached hydrogens (tertiary/aromatic N) is 4. The Morgan fingerprint density at radius 2 is 1.90 bits per heavy atom. The van der Waals surface area contributed by atoms with Crippen LogP contribution >= 0.6 is 0 Å². The van der Waals surface area contributed by atoms with E-state index in [4.69, 9.17) is 0 Å². The Morgan fingerprint density at radius 1 is 1.30 bits per heavy atom. The van der Waals surface area contributed by atoms with Crippen LogP contribution in [0.15, 0.2) is 30.9 Å². The topological polar surface area (TPSA) is 46.5 Å². The second-order valence-electron chi connectivity index (χ2n) is 4.75. The van der Waals surface area contributed by atoms with Crippen LogP contribution < -0.4 is 0 Å². The summed E-state index contributed by atoms with van der Waals surface area (Å²) in [7, 11) is 0.